The molecule has 0 aromatic carbocycles. The number of ether oxygens (including phenoxy) is 1. The highest BCUT2D eigenvalue weighted by Gasteiger charge is 2.25. The van der Waals surface area contributed by atoms with Crippen LogP contribution in [0.15, 0.2) is 46.6 Å². The van der Waals surface area contributed by atoms with Crippen molar-refractivity contribution in [2.45, 2.75) is 37.8 Å². The Balaban J connectivity index is 1.28. The number of rotatable bonds is 5. The van der Waals surface area contributed by atoms with Gasteiger partial charge >= 0.3 is 6.01 Å². The third-order valence-electron chi connectivity index (χ3n) is 4.33. The molecule has 0 unspecified atom stereocenters. The lowest BCUT2D eigenvalue weighted by Crippen LogP contribution is -2.39. The second-order valence-corrected chi connectivity index (χ2v) is 7.10. The molecule has 1 N–H and O–H groups in total. The smallest absolute Gasteiger partial charge is 0.316 e. The normalized spacial score (nSPS) is 19.8. The molecule has 3 aromatic rings. The molecule has 0 bridgehead atoms. The molecule has 0 atom stereocenters. The lowest BCUT2D eigenvalue weighted by Gasteiger charge is -2.28. The zero-order valence-electron chi connectivity index (χ0n) is 14.0. The second kappa shape index (κ2) is 7.65. The first-order valence-electron chi connectivity index (χ1n) is 8.53. The zero-order chi connectivity index (χ0) is 17.8. The molecule has 0 spiro atoms. The number of hydrogen-bond donors (Lipinski definition) is 1. The van der Waals surface area contributed by atoms with Crippen molar-refractivity contribution in [2.75, 3.05) is 0 Å². The molecule has 134 valence electrons. The van der Waals surface area contributed by atoms with Crippen molar-refractivity contribution in [1.29, 1.82) is 0 Å². The number of nitrogens with one attached hydrogen (secondary N) is 1. The SMILES string of the molecule is O=C(NC1CCC(Oc2ncccn2)CC1)c1cc(-c2cccs2)on1. The maximum absolute atomic E-state index is 12.4. The molecular weight excluding hydrogens is 352 g/mol. The maximum Gasteiger partial charge on any atom is 0.316 e. The predicted molar refractivity (Wildman–Crippen MR) is 96.0 cm³/mol. The Morgan fingerprint density at radius 2 is 2.00 bits per heavy atom. The van der Waals surface area contributed by atoms with Gasteiger partial charge < -0.3 is 14.6 Å². The number of aromatic nitrogens is 3. The fourth-order valence-corrected chi connectivity index (χ4v) is 3.67. The summed E-state index contributed by atoms with van der Waals surface area (Å²) in [6, 6.07) is 7.83. The van der Waals surface area contributed by atoms with Crippen LogP contribution in [0.2, 0.25) is 0 Å². The number of nitrogens with zero attached hydrogens (tertiary/aromatic N) is 3. The van der Waals surface area contributed by atoms with E-state index in [1.54, 1.807) is 35.9 Å². The number of hydrogen-bond acceptors (Lipinski definition) is 7. The number of carbonyl (C=O) groups excluding carboxylic acids is 1. The van der Waals surface area contributed by atoms with E-state index in [0.717, 1.165) is 30.6 Å². The fraction of sp³-hybridized carbons (Fsp3) is 0.333. The summed E-state index contributed by atoms with van der Waals surface area (Å²) in [5, 5.41) is 8.88. The molecule has 0 aliphatic heterocycles. The Bertz CT molecular complexity index is 842. The van der Waals surface area contributed by atoms with Crippen molar-refractivity contribution < 1.29 is 14.1 Å². The Labute approximate surface area is 154 Å². The Morgan fingerprint density at radius 3 is 2.73 bits per heavy atom. The van der Waals surface area contributed by atoms with Gasteiger partial charge in [-0.2, -0.15) is 0 Å². The van der Waals surface area contributed by atoms with Gasteiger partial charge in [0.05, 0.1) is 4.88 Å². The van der Waals surface area contributed by atoms with Gasteiger partial charge in [-0.05, 0) is 43.2 Å². The summed E-state index contributed by atoms with van der Waals surface area (Å²) >= 11 is 1.55. The summed E-state index contributed by atoms with van der Waals surface area (Å²) in [7, 11) is 0. The summed E-state index contributed by atoms with van der Waals surface area (Å²) < 4.78 is 11.0. The molecule has 0 saturated heterocycles. The Morgan fingerprint density at radius 1 is 1.19 bits per heavy atom. The summed E-state index contributed by atoms with van der Waals surface area (Å²) in [5.74, 6) is 0.414. The molecule has 7 nitrogen and oxygen atoms in total. The van der Waals surface area contributed by atoms with Crippen molar-refractivity contribution in [2.24, 2.45) is 0 Å². The first-order valence-corrected chi connectivity index (χ1v) is 9.41. The average molecular weight is 370 g/mol. The van der Waals surface area contributed by atoms with Crippen LogP contribution in [0.25, 0.3) is 10.6 Å². The van der Waals surface area contributed by atoms with Crippen LogP contribution in [-0.2, 0) is 0 Å². The largest absolute Gasteiger partial charge is 0.460 e. The van der Waals surface area contributed by atoms with Gasteiger partial charge in [0.2, 0.25) is 0 Å². The molecule has 1 fully saturated rings. The molecule has 1 aliphatic rings. The molecule has 3 heterocycles. The molecule has 8 heteroatoms. The maximum atomic E-state index is 12.4. The van der Waals surface area contributed by atoms with Crippen LogP contribution in [0, 0.1) is 0 Å². The van der Waals surface area contributed by atoms with E-state index < -0.39 is 0 Å². The fourth-order valence-electron chi connectivity index (χ4n) is 3.00. The highest BCUT2D eigenvalue weighted by Crippen LogP contribution is 2.26. The van der Waals surface area contributed by atoms with E-state index in [2.05, 4.69) is 20.4 Å². The quantitative estimate of drug-likeness (QED) is 0.741. The van der Waals surface area contributed by atoms with Crippen LogP contribution in [0.4, 0.5) is 0 Å². The number of amides is 1. The van der Waals surface area contributed by atoms with Crippen molar-refractivity contribution in [3.8, 4) is 16.6 Å². The molecule has 1 aliphatic carbocycles. The van der Waals surface area contributed by atoms with Gasteiger partial charge in [-0.25, -0.2) is 9.97 Å². The van der Waals surface area contributed by atoms with E-state index in [0.29, 0.717) is 17.5 Å². The topological polar surface area (TPSA) is 90.1 Å². The van der Waals surface area contributed by atoms with Crippen LogP contribution < -0.4 is 10.1 Å². The Hall–Kier alpha value is -2.74. The van der Waals surface area contributed by atoms with E-state index in [9.17, 15) is 4.79 Å². The van der Waals surface area contributed by atoms with Crippen molar-refractivity contribution in [3.63, 3.8) is 0 Å². The summed E-state index contributed by atoms with van der Waals surface area (Å²) in [6.45, 7) is 0. The van der Waals surface area contributed by atoms with Crippen LogP contribution >= 0.6 is 11.3 Å². The third kappa shape index (κ3) is 3.91. The summed E-state index contributed by atoms with van der Waals surface area (Å²) in [6.07, 6.45) is 6.80. The van der Waals surface area contributed by atoms with Gasteiger partial charge in [-0.3, -0.25) is 4.79 Å². The average Bonchev–Trinajstić information content (AvgIpc) is 3.36. The summed E-state index contributed by atoms with van der Waals surface area (Å²) in [5.41, 5.74) is 0.310. The van der Waals surface area contributed by atoms with Crippen molar-refractivity contribution in [3.05, 3.63) is 47.7 Å². The van der Waals surface area contributed by atoms with Gasteiger partial charge in [-0.15, -0.1) is 11.3 Å². The minimum Gasteiger partial charge on any atom is -0.460 e. The van der Waals surface area contributed by atoms with Gasteiger partial charge in [0.25, 0.3) is 5.91 Å². The molecule has 3 aromatic heterocycles. The Kier molecular flexibility index (Phi) is 4.92. The molecule has 4 rings (SSSR count). The molecule has 0 radical (unpaired) electrons. The zero-order valence-corrected chi connectivity index (χ0v) is 14.8. The first-order chi connectivity index (χ1) is 12.8. The number of carbonyl (C=O) groups is 1. The molecule has 1 saturated carbocycles. The minimum atomic E-state index is -0.202. The first kappa shape index (κ1) is 16.7. The van der Waals surface area contributed by atoms with Crippen LogP contribution in [0.3, 0.4) is 0 Å². The lowest BCUT2D eigenvalue weighted by atomic mass is 9.93. The molecule has 26 heavy (non-hydrogen) atoms. The third-order valence-corrected chi connectivity index (χ3v) is 5.21. The predicted octanol–water partition coefficient (Wildman–Crippen LogP) is 3.31. The monoisotopic (exact) mass is 370 g/mol. The van der Waals surface area contributed by atoms with E-state index >= 15 is 0 Å². The van der Waals surface area contributed by atoms with Crippen LogP contribution in [0.1, 0.15) is 36.2 Å². The second-order valence-electron chi connectivity index (χ2n) is 6.15. The van der Waals surface area contributed by atoms with Crippen LogP contribution in [0.5, 0.6) is 6.01 Å². The van der Waals surface area contributed by atoms with Gasteiger partial charge in [0.15, 0.2) is 11.5 Å². The van der Waals surface area contributed by atoms with E-state index in [-0.39, 0.29) is 18.1 Å². The van der Waals surface area contributed by atoms with Crippen molar-refractivity contribution >= 4 is 17.2 Å². The minimum absolute atomic E-state index is 0.0861. The standard InChI is InChI=1S/C18H18N4O3S/c23-17(14-11-15(25-22-14)16-3-1-10-26-16)21-12-4-6-13(7-5-12)24-18-19-8-2-9-20-18/h1-3,8-13H,4-7H2,(H,21,23). The van der Waals surface area contributed by atoms with Gasteiger partial charge in [-0.1, -0.05) is 11.2 Å². The highest BCUT2D eigenvalue weighted by molar-refractivity contribution is 7.13. The highest BCUT2D eigenvalue weighted by atomic mass is 32.1. The van der Waals surface area contributed by atoms with E-state index in [4.69, 9.17) is 9.26 Å². The van der Waals surface area contributed by atoms with E-state index in [1.165, 1.54) is 0 Å². The van der Waals surface area contributed by atoms with Gasteiger partial charge in [0.1, 0.15) is 6.10 Å². The summed E-state index contributed by atoms with van der Waals surface area (Å²) in [4.78, 5) is 21.5. The lowest BCUT2D eigenvalue weighted by molar-refractivity contribution is 0.0876. The molecule has 1 amide bonds. The van der Waals surface area contributed by atoms with E-state index in [1.807, 2.05) is 17.5 Å². The van der Waals surface area contributed by atoms with Crippen LogP contribution in [-0.4, -0.2) is 33.2 Å². The number of thiophene rings is 1. The van der Waals surface area contributed by atoms with Gasteiger partial charge in [0, 0.05) is 24.5 Å². The molecular formula is C18H18N4O3S. The van der Waals surface area contributed by atoms with Crippen molar-refractivity contribution in [1.82, 2.24) is 20.4 Å².